The van der Waals surface area contributed by atoms with Gasteiger partial charge in [0.05, 0.1) is 12.9 Å². The fraction of sp³-hybridized carbons (Fsp3) is 0.455. The number of fused-ring (bicyclic) bond motifs is 1. The first-order valence-corrected chi connectivity index (χ1v) is 6.79. The average Bonchev–Trinajstić information content (AvgIpc) is 3.06. The molecule has 1 saturated heterocycles. The predicted octanol–water partition coefficient (Wildman–Crippen LogP) is -3.59. The monoisotopic (exact) mass is 341 g/mol. The van der Waals surface area contributed by atoms with Crippen molar-refractivity contribution in [3.63, 3.8) is 0 Å². The van der Waals surface area contributed by atoms with Crippen LogP contribution in [0.1, 0.15) is 6.23 Å². The van der Waals surface area contributed by atoms with E-state index in [-0.39, 0.29) is 17.1 Å². The molecule has 2 aromatic heterocycles. The SMILES string of the molecule is NC(=O)Nn1c(N)nc2c(ncn2[C@@H]2O[C@H](CO)C(O)C2O)c1=O. The summed E-state index contributed by atoms with van der Waals surface area (Å²) in [7, 11) is 0. The molecule has 1 aliphatic heterocycles. The lowest BCUT2D eigenvalue weighted by atomic mass is 10.1. The quantitative estimate of drug-likeness (QED) is 0.326. The van der Waals surface area contributed by atoms with E-state index in [1.54, 1.807) is 0 Å². The fourth-order valence-corrected chi connectivity index (χ4v) is 2.50. The van der Waals surface area contributed by atoms with Crippen LogP contribution in [0.15, 0.2) is 11.1 Å². The molecule has 3 rings (SSSR count). The molecule has 3 heterocycles. The standard InChI is InChI=1S/C11H15N7O6/c12-10-15-7-4(8(22)18(10)16-11(13)23)14-2-17(7)9-6(21)5(20)3(1-19)24-9/h2-3,5-6,9,19-21H,1H2,(H2,12,15)(H3,13,16,23)/t3-,5?,6?,9-/m1/s1. The number of primary amides is 1. The molecule has 1 fully saturated rings. The highest BCUT2D eigenvalue weighted by molar-refractivity contribution is 5.81. The van der Waals surface area contributed by atoms with E-state index in [0.717, 1.165) is 6.33 Å². The molecule has 0 aliphatic carbocycles. The number of nitrogens with one attached hydrogen (secondary N) is 1. The number of nitrogens with two attached hydrogens (primary N) is 2. The van der Waals surface area contributed by atoms with E-state index in [9.17, 15) is 19.8 Å². The highest BCUT2D eigenvalue weighted by Gasteiger charge is 2.44. The first-order chi connectivity index (χ1) is 11.3. The number of hydrogen-bond acceptors (Lipinski definition) is 9. The third-order valence-electron chi connectivity index (χ3n) is 3.64. The summed E-state index contributed by atoms with van der Waals surface area (Å²) in [5, 5.41) is 29.0. The zero-order valence-electron chi connectivity index (χ0n) is 12.1. The Balaban J connectivity index is 2.09. The van der Waals surface area contributed by atoms with Crippen LogP contribution in [0.25, 0.3) is 11.2 Å². The van der Waals surface area contributed by atoms with E-state index in [0.29, 0.717) is 4.68 Å². The van der Waals surface area contributed by atoms with Crippen molar-refractivity contribution in [2.24, 2.45) is 5.73 Å². The number of ether oxygens (including phenoxy) is 1. The van der Waals surface area contributed by atoms with Gasteiger partial charge in [-0.15, -0.1) is 0 Å². The molecule has 2 amide bonds. The zero-order valence-corrected chi connectivity index (χ0v) is 12.1. The fourth-order valence-electron chi connectivity index (χ4n) is 2.50. The molecule has 0 aromatic carbocycles. The number of nitrogen functional groups attached to an aromatic ring is 1. The summed E-state index contributed by atoms with van der Waals surface area (Å²) in [6.07, 6.45) is -3.68. The van der Waals surface area contributed by atoms with E-state index in [2.05, 4.69) is 9.97 Å². The lowest BCUT2D eigenvalue weighted by molar-refractivity contribution is -0.0511. The molecule has 0 spiro atoms. The summed E-state index contributed by atoms with van der Waals surface area (Å²) in [5.74, 6) is -0.375. The summed E-state index contributed by atoms with van der Waals surface area (Å²) in [6.45, 7) is -0.508. The lowest BCUT2D eigenvalue weighted by Gasteiger charge is -2.17. The van der Waals surface area contributed by atoms with Crippen molar-refractivity contribution in [3.05, 3.63) is 16.7 Å². The number of nitrogens with zero attached hydrogens (tertiary/aromatic N) is 4. The number of anilines is 1. The van der Waals surface area contributed by atoms with Crippen LogP contribution in [-0.4, -0.2) is 65.5 Å². The van der Waals surface area contributed by atoms with Crippen molar-refractivity contribution in [3.8, 4) is 0 Å². The Hall–Kier alpha value is -2.74. The van der Waals surface area contributed by atoms with Gasteiger partial charge >= 0.3 is 11.6 Å². The number of aliphatic hydroxyl groups excluding tert-OH is 3. The van der Waals surface area contributed by atoms with Crippen molar-refractivity contribution in [1.29, 1.82) is 0 Å². The third-order valence-corrected chi connectivity index (χ3v) is 3.64. The van der Waals surface area contributed by atoms with Gasteiger partial charge in [-0.1, -0.05) is 0 Å². The van der Waals surface area contributed by atoms with Crippen molar-refractivity contribution in [2.45, 2.75) is 24.5 Å². The first-order valence-electron chi connectivity index (χ1n) is 6.79. The van der Waals surface area contributed by atoms with Crippen LogP contribution < -0.4 is 22.5 Å². The Kier molecular flexibility index (Phi) is 3.84. The van der Waals surface area contributed by atoms with Gasteiger partial charge < -0.3 is 31.5 Å². The molecule has 2 unspecified atom stereocenters. The summed E-state index contributed by atoms with van der Waals surface area (Å²) in [5.41, 5.74) is 11.6. The van der Waals surface area contributed by atoms with Gasteiger partial charge in [-0.05, 0) is 0 Å². The number of imidazole rings is 1. The second-order valence-corrected chi connectivity index (χ2v) is 5.14. The second kappa shape index (κ2) is 5.72. The Labute approximate surface area is 133 Å². The molecule has 0 bridgehead atoms. The van der Waals surface area contributed by atoms with E-state index in [1.165, 1.54) is 4.57 Å². The smallest absolute Gasteiger partial charge is 0.331 e. The van der Waals surface area contributed by atoms with E-state index in [1.807, 2.05) is 5.43 Å². The summed E-state index contributed by atoms with van der Waals surface area (Å²) in [4.78, 5) is 31.0. The number of urea groups is 1. The Morgan fingerprint density at radius 2 is 2.12 bits per heavy atom. The minimum absolute atomic E-state index is 0.0325. The van der Waals surface area contributed by atoms with Crippen molar-refractivity contribution in [1.82, 2.24) is 19.2 Å². The van der Waals surface area contributed by atoms with Crippen LogP contribution in [0.5, 0.6) is 0 Å². The number of aromatic nitrogens is 4. The molecule has 8 N–H and O–H groups in total. The minimum atomic E-state index is -1.38. The molecule has 13 nitrogen and oxygen atoms in total. The number of amides is 2. The molecular weight excluding hydrogens is 326 g/mol. The zero-order chi connectivity index (χ0) is 17.6. The van der Waals surface area contributed by atoms with E-state index in [4.69, 9.17) is 21.3 Å². The Morgan fingerprint density at radius 3 is 2.71 bits per heavy atom. The molecule has 130 valence electrons. The topological polar surface area (TPSA) is 204 Å². The number of rotatable bonds is 3. The van der Waals surface area contributed by atoms with Crippen LogP contribution in [0.3, 0.4) is 0 Å². The number of carbonyl (C=O) groups is 1. The highest BCUT2D eigenvalue weighted by Crippen LogP contribution is 2.30. The van der Waals surface area contributed by atoms with Crippen LogP contribution >= 0.6 is 0 Å². The van der Waals surface area contributed by atoms with Gasteiger partial charge in [0.15, 0.2) is 17.4 Å². The number of carbonyl (C=O) groups excluding carboxylic acids is 1. The number of aliphatic hydroxyl groups is 3. The summed E-state index contributed by atoms with van der Waals surface area (Å²) >= 11 is 0. The van der Waals surface area contributed by atoms with Gasteiger partial charge in [-0.2, -0.15) is 9.66 Å². The molecule has 0 saturated carbocycles. The number of hydrogen-bond donors (Lipinski definition) is 6. The van der Waals surface area contributed by atoms with Gasteiger partial charge in [-0.25, -0.2) is 15.2 Å². The first kappa shape index (κ1) is 16.1. The highest BCUT2D eigenvalue weighted by atomic mass is 16.6. The molecule has 0 radical (unpaired) electrons. The average molecular weight is 341 g/mol. The Morgan fingerprint density at radius 1 is 1.42 bits per heavy atom. The third kappa shape index (κ3) is 2.35. The van der Waals surface area contributed by atoms with Gasteiger partial charge in [0.1, 0.15) is 18.3 Å². The maximum atomic E-state index is 12.3. The van der Waals surface area contributed by atoms with E-state index >= 15 is 0 Å². The molecule has 13 heteroatoms. The Bertz CT molecular complexity index is 847. The van der Waals surface area contributed by atoms with Crippen LogP contribution in [0, 0.1) is 0 Å². The minimum Gasteiger partial charge on any atom is -0.394 e. The van der Waals surface area contributed by atoms with Gasteiger partial charge in [-0.3, -0.25) is 9.36 Å². The lowest BCUT2D eigenvalue weighted by Crippen LogP contribution is -2.38. The summed E-state index contributed by atoms with van der Waals surface area (Å²) in [6, 6.07) is -1.02. The molecule has 2 aromatic rings. The van der Waals surface area contributed by atoms with Crippen LogP contribution in [0.4, 0.5) is 10.7 Å². The molecule has 4 atom stereocenters. The summed E-state index contributed by atoms with van der Waals surface area (Å²) < 4.78 is 7.18. The van der Waals surface area contributed by atoms with Gasteiger partial charge in [0.25, 0.3) is 0 Å². The maximum absolute atomic E-state index is 12.3. The molecular formula is C11H15N7O6. The largest absolute Gasteiger partial charge is 0.394 e. The van der Waals surface area contributed by atoms with Gasteiger partial charge in [0, 0.05) is 0 Å². The van der Waals surface area contributed by atoms with Crippen LogP contribution in [-0.2, 0) is 4.74 Å². The predicted molar refractivity (Wildman–Crippen MR) is 78.2 cm³/mol. The second-order valence-electron chi connectivity index (χ2n) is 5.14. The van der Waals surface area contributed by atoms with Crippen molar-refractivity contribution < 1.29 is 24.9 Å². The molecule has 1 aliphatic rings. The van der Waals surface area contributed by atoms with Crippen LogP contribution in [0.2, 0.25) is 0 Å². The van der Waals surface area contributed by atoms with Crippen molar-refractivity contribution >= 4 is 23.1 Å². The normalized spacial score (nSPS) is 26.8. The maximum Gasteiger partial charge on any atom is 0.331 e. The van der Waals surface area contributed by atoms with E-state index < -0.39 is 42.7 Å². The van der Waals surface area contributed by atoms with Crippen molar-refractivity contribution in [2.75, 3.05) is 17.8 Å². The van der Waals surface area contributed by atoms with Gasteiger partial charge in [0.2, 0.25) is 5.95 Å². The molecule has 24 heavy (non-hydrogen) atoms.